The van der Waals surface area contributed by atoms with Crippen LogP contribution in [0.15, 0.2) is 53.1 Å². The molecule has 3 aromatic rings. The van der Waals surface area contributed by atoms with Crippen molar-refractivity contribution in [2.24, 2.45) is 0 Å². The fourth-order valence-electron chi connectivity index (χ4n) is 2.56. The van der Waals surface area contributed by atoms with E-state index < -0.39 is 0 Å². The van der Waals surface area contributed by atoms with Gasteiger partial charge in [0.25, 0.3) is 0 Å². The number of hydrogen-bond acceptors (Lipinski definition) is 5. The first-order valence-corrected chi connectivity index (χ1v) is 8.62. The first-order chi connectivity index (χ1) is 13.1. The predicted molar refractivity (Wildman–Crippen MR) is 97.7 cm³/mol. The van der Waals surface area contributed by atoms with Gasteiger partial charge in [-0.3, -0.25) is 4.79 Å². The van der Waals surface area contributed by atoms with Crippen LogP contribution < -0.4 is 10.1 Å². The van der Waals surface area contributed by atoms with Gasteiger partial charge in [-0.25, -0.2) is 4.39 Å². The van der Waals surface area contributed by atoms with Gasteiger partial charge in [0.2, 0.25) is 17.6 Å². The third-order valence-electron chi connectivity index (χ3n) is 4.01. The quantitative estimate of drug-likeness (QED) is 0.660. The van der Waals surface area contributed by atoms with E-state index in [1.165, 1.54) is 12.1 Å². The molecule has 0 unspecified atom stereocenters. The molecule has 7 heteroatoms. The van der Waals surface area contributed by atoms with Crippen LogP contribution >= 0.6 is 0 Å². The monoisotopic (exact) mass is 369 g/mol. The normalized spacial score (nSPS) is 10.6. The summed E-state index contributed by atoms with van der Waals surface area (Å²) >= 11 is 0. The molecule has 0 radical (unpaired) electrons. The third kappa shape index (κ3) is 5.37. The van der Waals surface area contributed by atoms with Crippen molar-refractivity contribution in [2.75, 3.05) is 13.7 Å². The van der Waals surface area contributed by atoms with E-state index in [0.29, 0.717) is 31.1 Å². The predicted octanol–water partition coefficient (Wildman–Crippen LogP) is 3.18. The van der Waals surface area contributed by atoms with Crippen molar-refractivity contribution in [1.29, 1.82) is 0 Å². The van der Waals surface area contributed by atoms with E-state index in [1.54, 1.807) is 13.2 Å². The van der Waals surface area contributed by atoms with E-state index in [0.717, 1.165) is 16.9 Å². The van der Waals surface area contributed by atoms with Crippen molar-refractivity contribution in [3.05, 3.63) is 65.8 Å². The van der Waals surface area contributed by atoms with Crippen molar-refractivity contribution in [1.82, 2.24) is 15.5 Å². The van der Waals surface area contributed by atoms with Gasteiger partial charge in [0.1, 0.15) is 11.6 Å². The average Bonchev–Trinajstić information content (AvgIpc) is 3.16. The molecule has 6 nitrogen and oxygen atoms in total. The van der Waals surface area contributed by atoms with Gasteiger partial charge in [-0.2, -0.15) is 4.98 Å². The fraction of sp³-hybridized carbons (Fsp3) is 0.250. The zero-order chi connectivity index (χ0) is 19.1. The highest BCUT2D eigenvalue weighted by Crippen LogP contribution is 2.19. The van der Waals surface area contributed by atoms with Crippen LogP contribution in [0.3, 0.4) is 0 Å². The molecule has 0 spiro atoms. The number of amides is 1. The molecule has 0 saturated heterocycles. The van der Waals surface area contributed by atoms with Crippen molar-refractivity contribution < 1.29 is 18.4 Å². The maximum atomic E-state index is 13.1. The topological polar surface area (TPSA) is 77.2 Å². The average molecular weight is 369 g/mol. The summed E-state index contributed by atoms with van der Waals surface area (Å²) in [6, 6.07) is 13.7. The Kier molecular flexibility index (Phi) is 6.14. The maximum Gasteiger partial charge on any atom is 0.227 e. The smallest absolute Gasteiger partial charge is 0.227 e. The first kappa shape index (κ1) is 18.6. The highest BCUT2D eigenvalue weighted by atomic mass is 19.1. The lowest BCUT2D eigenvalue weighted by atomic mass is 10.1. The molecule has 140 valence electrons. The molecule has 0 aliphatic carbocycles. The second-order valence-corrected chi connectivity index (χ2v) is 5.97. The Morgan fingerprint density at radius 3 is 2.74 bits per heavy atom. The Hall–Kier alpha value is -3.22. The number of nitrogens with zero attached hydrogens (tertiary/aromatic N) is 2. The summed E-state index contributed by atoms with van der Waals surface area (Å²) in [5, 5.41) is 6.74. The number of halogens is 1. The van der Waals surface area contributed by atoms with E-state index in [2.05, 4.69) is 15.5 Å². The molecular weight excluding hydrogens is 349 g/mol. The zero-order valence-electron chi connectivity index (χ0n) is 14.9. The Bertz CT molecular complexity index is 893. The van der Waals surface area contributed by atoms with Crippen LogP contribution in [0.4, 0.5) is 4.39 Å². The van der Waals surface area contributed by atoms with Crippen LogP contribution in [0.25, 0.3) is 11.4 Å². The summed E-state index contributed by atoms with van der Waals surface area (Å²) in [5.41, 5.74) is 1.65. The summed E-state index contributed by atoms with van der Waals surface area (Å²) < 4.78 is 23.4. The van der Waals surface area contributed by atoms with Gasteiger partial charge in [0.05, 0.1) is 7.11 Å². The van der Waals surface area contributed by atoms with Crippen LogP contribution in [-0.4, -0.2) is 29.7 Å². The molecule has 1 N–H and O–H groups in total. The Morgan fingerprint density at radius 2 is 2.00 bits per heavy atom. The molecule has 2 aromatic carbocycles. The van der Waals surface area contributed by atoms with E-state index in [9.17, 15) is 9.18 Å². The molecule has 0 bridgehead atoms. The van der Waals surface area contributed by atoms with Gasteiger partial charge in [-0.1, -0.05) is 17.3 Å². The lowest BCUT2D eigenvalue weighted by Crippen LogP contribution is -2.25. The molecule has 27 heavy (non-hydrogen) atoms. The number of carbonyl (C=O) groups is 1. The van der Waals surface area contributed by atoms with Gasteiger partial charge in [0.15, 0.2) is 0 Å². The minimum Gasteiger partial charge on any atom is -0.497 e. The van der Waals surface area contributed by atoms with Crippen molar-refractivity contribution in [3.8, 4) is 17.1 Å². The molecule has 0 aliphatic rings. The van der Waals surface area contributed by atoms with Crippen LogP contribution in [-0.2, 0) is 17.6 Å². The van der Waals surface area contributed by atoms with Gasteiger partial charge in [-0.05, 0) is 48.4 Å². The molecule has 0 fully saturated rings. The van der Waals surface area contributed by atoms with Crippen molar-refractivity contribution >= 4 is 5.91 Å². The summed E-state index contributed by atoms with van der Waals surface area (Å²) in [6.07, 6.45) is 1.17. The van der Waals surface area contributed by atoms with Crippen LogP contribution in [0.2, 0.25) is 0 Å². The van der Waals surface area contributed by atoms with Crippen LogP contribution in [0, 0.1) is 5.82 Å². The van der Waals surface area contributed by atoms with Gasteiger partial charge < -0.3 is 14.6 Å². The van der Waals surface area contributed by atoms with E-state index in [1.807, 2.05) is 30.3 Å². The molecular formula is C20H20FN3O3. The van der Waals surface area contributed by atoms with Crippen LogP contribution in [0.5, 0.6) is 5.75 Å². The number of rotatable bonds is 8. The number of benzene rings is 2. The van der Waals surface area contributed by atoms with E-state index in [-0.39, 0.29) is 18.1 Å². The second kappa shape index (κ2) is 8.93. The third-order valence-corrected chi connectivity index (χ3v) is 4.01. The fourth-order valence-corrected chi connectivity index (χ4v) is 2.56. The summed E-state index contributed by atoms with van der Waals surface area (Å²) in [4.78, 5) is 16.2. The summed E-state index contributed by atoms with van der Waals surface area (Å²) in [7, 11) is 1.60. The number of aryl methyl sites for hydroxylation is 1. The van der Waals surface area contributed by atoms with E-state index >= 15 is 0 Å². The molecule has 1 aromatic heterocycles. The van der Waals surface area contributed by atoms with E-state index in [4.69, 9.17) is 9.26 Å². The molecule has 1 heterocycles. The lowest BCUT2D eigenvalue weighted by Gasteiger charge is -2.04. The lowest BCUT2D eigenvalue weighted by molar-refractivity contribution is -0.121. The number of ether oxygens (including phenoxy) is 1. The number of nitrogens with one attached hydrogen (secondary N) is 1. The zero-order valence-corrected chi connectivity index (χ0v) is 14.9. The van der Waals surface area contributed by atoms with Gasteiger partial charge in [-0.15, -0.1) is 0 Å². The minimum absolute atomic E-state index is 0.115. The Morgan fingerprint density at radius 1 is 1.19 bits per heavy atom. The van der Waals surface area contributed by atoms with Crippen LogP contribution in [0.1, 0.15) is 17.9 Å². The number of hydrogen-bond donors (Lipinski definition) is 1. The molecule has 1 amide bonds. The highest BCUT2D eigenvalue weighted by Gasteiger charge is 2.11. The molecule has 3 rings (SSSR count). The first-order valence-electron chi connectivity index (χ1n) is 8.62. The Labute approximate surface area is 156 Å². The molecule has 0 aliphatic heterocycles. The SMILES string of the molecule is COc1ccc(-c2noc(CCC(=O)NCCc3cccc(F)c3)n2)cc1. The van der Waals surface area contributed by atoms with Gasteiger partial charge in [0, 0.05) is 24.9 Å². The second-order valence-electron chi connectivity index (χ2n) is 5.97. The standard InChI is InChI=1S/C20H20FN3O3/c1-26-17-7-5-15(6-8-17)20-23-19(27-24-20)10-9-18(25)22-12-11-14-3-2-4-16(21)13-14/h2-8,13H,9-12H2,1H3,(H,22,25). The number of aromatic nitrogens is 2. The van der Waals surface area contributed by atoms with Crippen molar-refractivity contribution in [3.63, 3.8) is 0 Å². The molecule has 0 saturated carbocycles. The number of methoxy groups -OCH3 is 1. The summed E-state index contributed by atoms with van der Waals surface area (Å²) in [6.45, 7) is 0.448. The Balaban J connectivity index is 1.44. The number of carbonyl (C=O) groups excluding carboxylic acids is 1. The molecule has 0 atom stereocenters. The minimum atomic E-state index is -0.275. The van der Waals surface area contributed by atoms with Gasteiger partial charge >= 0.3 is 0 Å². The van der Waals surface area contributed by atoms with Crippen molar-refractivity contribution in [2.45, 2.75) is 19.3 Å². The highest BCUT2D eigenvalue weighted by molar-refractivity contribution is 5.76. The largest absolute Gasteiger partial charge is 0.497 e. The maximum absolute atomic E-state index is 13.1. The summed E-state index contributed by atoms with van der Waals surface area (Å²) in [5.74, 6) is 1.23.